The topological polar surface area (TPSA) is 12.5 Å². The number of halogens is 1. The third-order valence-corrected chi connectivity index (χ3v) is 2.06. The second-order valence-corrected chi connectivity index (χ2v) is 2.89. The van der Waals surface area contributed by atoms with E-state index < -0.39 is 0 Å². The van der Waals surface area contributed by atoms with Gasteiger partial charge < -0.3 is 4.74 Å². The van der Waals surface area contributed by atoms with Crippen molar-refractivity contribution >= 4 is 12.4 Å². The number of likely N-dealkylation sites (tertiary alicyclic amines) is 1. The van der Waals surface area contributed by atoms with E-state index in [0.29, 0.717) is 6.23 Å². The van der Waals surface area contributed by atoms with Crippen molar-refractivity contribution in [2.45, 2.75) is 32.4 Å². The zero-order valence-electron chi connectivity index (χ0n) is 7.38. The predicted octanol–water partition coefficient (Wildman–Crippen LogP) is 1.89. The molecular formula is C8H18ClNO. The molecule has 1 rings (SSSR count). The number of hydrogen-bond donors (Lipinski definition) is 0. The average Bonchev–Trinajstić information content (AvgIpc) is 1.94. The number of hydrogen-bond acceptors (Lipinski definition) is 2. The van der Waals surface area contributed by atoms with Crippen LogP contribution in [-0.4, -0.2) is 31.3 Å². The van der Waals surface area contributed by atoms with Gasteiger partial charge in [0, 0.05) is 13.2 Å². The van der Waals surface area contributed by atoms with E-state index in [4.69, 9.17) is 4.74 Å². The quantitative estimate of drug-likeness (QED) is 0.642. The molecule has 11 heavy (non-hydrogen) atoms. The fourth-order valence-electron chi connectivity index (χ4n) is 1.45. The summed E-state index contributed by atoms with van der Waals surface area (Å²) in [5.41, 5.74) is 0. The van der Waals surface area contributed by atoms with Crippen molar-refractivity contribution < 1.29 is 4.74 Å². The summed E-state index contributed by atoms with van der Waals surface area (Å²) in [4.78, 5) is 2.30. The molecule has 1 unspecified atom stereocenters. The maximum absolute atomic E-state index is 5.52. The van der Waals surface area contributed by atoms with Gasteiger partial charge in [-0.25, -0.2) is 0 Å². The van der Waals surface area contributed by atoms with Crippen molar-refractivity contribution in [2.75, 3.05) is 20.2 Å². The summed E-state index contributed by atoms with van der Waals surface area (Å²) in [5.74, 6) is 0. The van der Waals surface area contributed by atoms with Gasteiger partial charge in [-0.2, -0.15) is 0 Å². The van der Waals surface area contributed by atoms with Crippen molar-refractivity contribution in [1.29, 1.82) is 0 Å². The molecule has 0 bridgehead atoms. The Labute approximate surface area is 75.3 Å². The zero-order valence-corrected chi connectivity index (χ0v) is 8.19. The molecule has 1 fully saturated rings. The van der Waals surface area contributed by atoms with Crippen molar-refractivity contribution in [2.24, 2.45) is 0 Å². The minimum atomic E-state index is 0. The van der Waals surface area contributed by atoms with E-state index >= 15 is 0 Å². The third-order valence-electron chi connectivity index (χ3n) is 2.06. The highest BCUT2D eigenvalue weighted by atomic mass is 35.5. The molecule has 1 atom stereocenters. The van der Waals surface area contributed by atoms with E-state index in [0.717, 1.165) is 6.61 Å². The molecule has 2 nitrogen and oxygen atoms in total. The smallest absolute Gasteiger partial charge is 0.110 e. The summed E-state index contributed by atoms with van der Waals surface area (Å²) in [6.45, 7) is 4.10. The van der Waals surface area contributed by atoms with Crippen LogP contribution in [0.15, 0.2) is 0 Å². The highest BCUT2D eigenvalue weighted by molar-refractivity contribution is 5.85. The lowest BCUT2D eigenvalue weighted by Crippen LogP contribution is -2.38. The molecule has 0 aliphatic carbocycles. The van der Waals surface area contributed by atoms with E-state index in [1.54, 1.807) is 0 Å². The minimum Gasteiger partial charge on any atom is -0.363 e. The Morgan fingerprint density at radius 1 is 1.45 bits per heavy atom. The molecule has 0 N–H and O–H groups in total. The second kappa shape index (κ2) is 5.81. The molecule has 0 aromatic carbocycles. The first-order valence-corrected chi connectivity index (χ1v) is 4.16. The molecule has 1 saturated heterocycles. The van der Waals surface area contributed by atoms with E-state index in [-0.39, 0.29) is 12.4 Å². The van der Waals surface area contributed by atoms with Crippen LogP contribution in [0.5, 0.6) is 0 Å². The van der Waals surface area contributed by atoms with Crippen LogP contribution in [0.2, 0.25) is 0 Å². The lowest BCUT2D eigenvalue weighted by atomic mass is 10.1. The van der Waals surface area contributed by atoms with Crippen LogP contribution in [0.4, 0.5) is 0 Å². The third kappa shape index (κ3) is 3.41. The molecule has 0 radical (unpaired) electrons. The maximum atomic E-state index is 5.52. The van der Waals surface area contributed by atoms with Gasteiger partial charge in [-0.05, 0) is 33.2 Å². The molecule has 1 heterocycles. The fourth-order valence-corrected chi connectivity index (χ4v) is 1.45. The molecular weight excluding hydrogens is 162 g/mol. The Kier molecular flexibility index (Phi) is 5.92. The van der Waals surface area contributed by atoms with Crippen LogP contribution in [0.25, 0.3) is 0 Å². The molecule has 3 heteroatoms. The first-order chi connectivity index (χ1) is 4.84. The highest BCUT2D eigenvalue weighted by Gasteiger charge is 2.17. The Morgan fingerprint density at radius 3 is 2.73 bits per heavy atom. The van der Waals surface area contributed by atoms with Gasteiger partial charge in [0.2, 0.25) is 0 Å². The van der Waals surface area contributed by atoms with Crippen LogP contribution in [-0.2, 0) is 4.74 Å². The molecule has 1 aliphatic rings. The van der Waals surface area contributed by atoms with E-state index in [1.165, 1.54) is 25.8 Å². The molecule has 0 amide bonds. The normalized spacial score (nSPS) is 26.2. The summed E-state index contributed by atoms with van der Waals surface area (Å²) in [5, 5.41) is 0. The summed E-state index contributed by atoms with van der Waals surface area (Å²) >= 11 is 0. The number of rotatable bonds is 2. The highest BCUT2D eigenvalue weighted by Crippen LogP contribution is 2.15. The van der Waals surface area contributed by atoms with Gasteiger partial charge >= 0.3 is 0 Å². The lowest BCUT2D eigenvalue weighted by molar-refractivity contribution is -0.0623. The molecule has 1 aliphatic heterocycles. The molecule has 0 saturated carbocycles. The first-order valence-electron chi connectivity index (χ1n) is 4.16. The number of nitrogens with zero attached hydrogens (tertiary/aromatic N) is 1. The lowest BCUT2D eigenvalue weighted by Gasteiger charge is -2.31. The van der Waals surface area contributed by atoms with Crippen LogP contribution in [0.1, 0.15) is 26.2 Å². The van der Waals surface area contributed by atoms with Gasteiger partial charge in [-0.1, -0.05) is 0 Å². The minimum absolute atomic E-state index is 0. The van der Waals surface area contributed by atoms with E-state index in [9.17, 15) is 0 Å². The van der Waals surface area contributed by atoms with Gasteiger partial charge in [0.05, 0.1) is 0 Å². The van der Waals surface area contributed by atoms with Crippen LogP contribution in [0, 0.1) is 0 Å². The SMILES string of the molecule is CCOC1CCCCN1C.Cl. The Bertz CT molecular complexity index is 98.1. The van der Waals surface area contributed by atoms with Gasteiger partial charge in [-0.15, -0.1) is 12.4 Å². The average molecular weight is 180 g/mol. The van der Waals surface area contributed by atoms with E-state index in [1.807, 2.05) is 0 Å². The number of ether oxygens (including phenoxy) is 1. The summed E-state index contributed by atoms with van der Waals surface area (Å²) < 4.78 is 5.52. The second-order valence-electron chi connectivity index (χ2n) is 2.89. The first kappa shape index (κ1) is 11.2. The summed E-state index contributed by atoms with van der Waals surface area (Å²) in [7, 11) is 2.14. The van der Waals surface area contributed by atoms with Crippen molar-refractivity contribution in [3.63, 3.8) is 0 Å². The van der Waals surface area contributed by atoms with Gasteiger partial charge in [0.25, 0.3) is 0 Å². The summed E-state index contributed by atoms with van der Waals surface area (Å²) in [6.07, 6.45) is 4.28. The van der Waals surface area contributed by atoms with E-state index in [2.05, 4.69) is 18.9 Å². The van der Waals surface area contributed by atoms with Crippen molar-refractivity contribution in [3.05, 3.63) is 0 Å². The number of piperidine rings is 1. The molecule has 68 valence electrons. The monoisotopic (exact) mass is 179 g/mol. The van der Waals surface area contributed by atoms with Gasteiger partial charge in [0.15, 0.2) is 0 Å². The zero-order chi connectivity index (χ0) is 7.40. The van der Waals surface area contributed by atoms with Crippen molar-refractivity contribution in [1.82, 2.24) is 4.90 Å². The largest absolute Gasteiger partial charge is 0.363 e. The van der Waals surface area contributed by atoms with Crippen LogP contribution in [0.3, 0.4) is 0 Å². The summed E-state index contributed by atoms with van der Waals surface area (Å²) in [6, 6.07) is 0. The standard InChI is InChI=1S/C8H17NO.ClH/c1-3-10-8-6-4-5-7-9(8)2;/h8H,3-7H2,1-2H3;1H. The maximum Gasteiger partial charge on any atom is 0.110 e. The Balaban J connectivity index is 0.000001000. The Morgan fingerprint density at radius 2 is 2.18 bits per heavy atom. The predicted molar refractivity (Wildman–Crippen MR) is 49.1 cm³/mol. The fraction of sp³-hybridized carbons (Fsp3) is 1.00. The van der Waals surface area contributed by atoms with Gasteiger partial charge in [0.1, 0.15) is 6.23 Å². The van der Waals surface area contributed by atoms with Crippen LogP contribution >= 0.6 is 12.4 Å². The molecule has 0 aromatic rings. The van der Waals surface area contributed by atoms with Crippen molar-refractivity contribution in [3.8, 4) is 0 Å². The molecule has 0 aromatic heterocycles. The Hall–Kier alpha value is 0.210. The van der Waals surface area contributed by atoms with Crippen LogP contribution < -0.4 is 0 Å². The molecule has 0 spiro atoms. The van der Waals surface area contributed by atoms with Gasteiger partial charge in [-0.3, -0.25) is 4.90 Å².